The zero-order chi connectivity index (χ0) is 15.4. The fourth-order valence-electron chi connectivity index (χ4n) is 1.78. The van der Waals surface area contributed by atoms with Crippen molar-refractivity contribution in [3.63, 3.8) is 0 Å². The molecule has 0 bridgehead atoms. The van der Waals surface area contributed by atoms with Gasteiger partial charge in [0.15, 0.2) is 8.32 Å². The van der Waals surface area contributed by atoms with E-state index in [2.05, 4.69) is 39.2 Å². The molecule has 1 fully saturated rings. The lowest BCUT2D eigenvalue weighted by molar-refractivity contribution is -0.129. The normalized spacial score (nSPS) is 25.6. The number of carbonyl (C=O) groups is 1. The third-order valence-corrected chi connectivity index (χ3v) is 8.61. The predicted octanol–water partition coefficient (Wildman–Crippen LogP) is 2.86. The van der Waals surface area contributed by atoms with Crippen LogP contribution in [0.4, 0.5) is 0 Å². The molecule has 0 spiro atoms. The van der Waals surface area contributed by atoms with Gasteiger partial charge in [-0.05, 0) is 31.5 Å². The van der Waals surface area contributed by atoms with Crippen molar-refractivity contribution in [2.75, 3.05) is 13.2 Å². The van der Waals surface area contributed by atoms with Gasteiger partial charge in [-0.1, -0.05) is 32.9 Å². The molecule has 116 valence electrons. The van der Waals surface area contributed by atoms with Crippen molar-refractivity contribution >= 4 is 14.2 Å². The highest BCUT2D eigenvalue weighted by atomic mass is 28.4. The van der Waals surface area contributed by atoms with Crippen molar-refractivity contribution in [2.45, 2.75) is 64.4 Å². The lowest BCUT2D eigenvalue weighted by atomic mass is 10.2. The molecule has 0 aromatic rings. The summed E-state index contributed by atoms with van der Waals surface area (Å²) in [5.74, 6) is -0.0400. The van der Waals surface area contributed by atoms with Gasteiger partial charge in [-0.15, -0.1) is 0 Å². The molecule has 4 nitrogen and oxygen atoms in total. The predicted molar refractivity (Wildman–Crippen MR) is 84.3 cm³/mol. The highest BCUT2D eigenvalue weighted by Gasteiger charge is 2.41. The Hall–Kier alpha value is -0.653. The molecule has 1 rings (SSSR count). The van der Waals surface area contributed by atoms with Crippen LogP contribution in [0.25, 0.3) is 0 Å². The Morgan fingerprint density at radius 1 is 1.40 bits per heavy atom. The largest absolute Gasteiger partial charge is 0.403 e. The lowest BCUT2D eigenvalue weighted by Crippen LogP contribution is -2.50. The van der Waals surface area contributed by atoms with Crippen LogP contribution >= 0.6 is 0 Å². The molecule has 2 atom stereocenters. The number of hydrogen-bond donors (Lipinski definition) is 1. The Labute approximate surface area is 124 Å². The molecule has 5 heteroatoms. The summed E-state index contributed by atoms with van der Waals surface area (Å²) in [7, 11) is -1.96. The van der Waals surface area contributed by atoms with E-state index in [9.17, 15) is 4.79 Å². The first kappa shape index (κ1) is 17.4. The second-order valence-corrected chi connectivity index (χ2v) is 11.7. The molecule has 1 saturated heterocycles. The molecule has 0 aliphatic carbocycles. The molecular formula is C15H29NO3Si. The second kappa shape index (κ2) is 6.87. The van der Waals surface area contributed by atoms with Crippen LogP contribution in [0.2, 0.25) is 18.1 Å². The molecule has 20 heavy (non-hydrogen) atoms. The number of nitrogens with one attached hydrogen (secondary N) is 1. The maximum absolute atomic E-state index is 12.3. The number of carbonyl (C=O) groups excluding carboxylic acids is 1. The van der Waals surface area contributed by atoms with E-state index in [-0.39, 0.29) is 17.0 Å². The minimum atomic E-state index is -1.96. The van der Waals surface area contributed by atoms with Gasteiger partial charge in [0.2, 0.25) is 0 Å². The fraction of sp³-hybridized carbons (Fsp3) is 0.800. The van der Waals surface area contributed by atoms with Crippen molar-refractivity contribution in [2.24, 2.45) is 0 Å². The Bertz CT molecular complexity index is 361. The monoisotopic (exact) mass is 299 g/mol. The van der Waals surface area contributed by atoms with Crippen molar-refractivity contribution in [3.05, 3.63) is 12.2 Å². The molecule has 1 heterocycles. The van der Waals surface area contributed by atoms with Crippen molar-refractivity contribution in [1.29, 1.82) is 0 Å². The average Bonchev–Trinajstić information content (AvgIpc) is 2.48. The minimum absolute atomic E-state index is 0.0400. The van der Waals surface area contributed by atoms with E-state index >= 15 is 0 Å². The molecular weight excluding hydrogens is 270 g/mol. The van der Waals surface area contributed by atoms with Gasteiger partial charge < -0.3 is 14.5 Å². The molecule has 0 aromatic carbocycles. The van der Waals surface area contributed by atoms with Crippen LogP contribution in [-0.4, -0.2) is 39.6 Å². The summed E-state index contributed by atoms with van der Waals surface area (Å²) >= 11 is 0. The van der Waals surface area contributed by atoms with Gasteiger partial charge in [-0.3, -0.25) is 4.79 Å². The highest BCUT2D eigenvalue weighted by Crippen LogP contribution is 2.37. The van der Waals surface area contributed by atoms with Gasteiger partial charge >= 0.3 is 0 Å². The molecule has 1 N–H and O–H groups in total. The standard InChI is InChI=1S/C15H29NO3Si/c1-7-8-9-12-10-18-11-13(14(17)16-12)19-20(5,6)15(2,3)4/h7-8,12-13H,9-11H2,1-6H3,(H,16,17)/b8-7+. The van der Waals surface area contributed by atoms with E-state index in [0.717, 1.165) is 6.42 Å². The van der Waals surface area contributed by atoms with E-state index in [0.29, 0.717) is 13.2 Å². The SMILES string of the molecule is C/C=C/CC1COCC(O[Si](C)(C)C(C)(C)C)C(=O)N1. The van der Waals surface area contributed by atoms with Gasteiger partial charge in [0, 0.05) is 0 Å². The number of allylic oxidation sites excluding steroid dienone is 1. The Balaban J connectivity index is 2.67. The van der Waals surface area contributed by atoms with E-state index < -0.39 is 14.4 Å². The third kappa shape index (κ3) is 4.72. The Morgan fingerprint density at radius 2 is 2.05 bits per heavy atom. The third-order valence-electron chi connectivity index (χ3n) is 4.13. The topological polar surface area (TPSA) is 47.6 Å². The molecule has 2 unspecified atom stereocenters. The van der Waals surface area contributed by atoms with Crippen LogP contribution in [0.5, 0.6) is 0 Å². The minimum Gasteiger partial charge on any atom is -0.403 e. The molecule has 1 aliphatic rings. The van der Waals surface area contributed by atoms with Crippen LogP contribution in [0.1, 0.15) is 34.1 Å². The molecule has 0 aromatic heterocycles. The van der Waals surface area contributed by atoms with Crippen LogP contribution in [0.15, 0.2) is 12.2 Å². The second-order valence-electron chi connectivity index (χ2n) is 6.91. The first-order chi connectivity index (χ1) is 9.17. The van der Waals surface area contributed by atoms with E-state index in [1.165, 1.54) is 0 Å². The van der Waals surface area contributed by atoms with Gasteiger partial charge in [0.25, 0.3) is 5.91 Å². The van der Waals surface area contributed by atoms with Gasteiger partial charge in [0.05, 0.1) is 19.3 Å². The molecule has 1 aliphatic heterocycles. The quantitative estimate of drug-likeness (QED) is 0.641. The van der Waals surface area contributed by atoms with Gasteiger partial charge in [-0.2, -0.15) is 0 Å². The van der Waals surface area contributed by atoms with Crippen LogP contribution < -0.4 is 5.32 Å². The van der Waals surface area contributed by atoms with Crippen molar-refractivity contribution in [1.82, 2.24) is 5.32 Å². The maximum atomic E-state index is 12.3. The number of hydrogen-bond acceptors (Lipinski definition) is 3. The summed E-state index contributed by atoms with van der Waals surface area (Å²) in [6.07, 6.45) is 4.35. The van der Waals surface area contributed by atoms with Gasteiger partial charge in [-0.25, -0.2) is 0 Å². The molecule has 0 saturated carbocycles. The van der Waals surface area contributed by atoms with E-state index in [1.807, 2.05) is 19.1 Å². The fourth-order valence-corrected chi connectivity index (χ4v) is 3.02. The maximum Gasteiger partial charge on any atom is 0.250 e. The van der Waals surface area contributed by atoms with E-state index in [1.54, 1.807) is 0 Å². The summed E-state index contributed by atoms with van der Waals surface area (Å²) in [5.41, 5.74) is 0. The van der Waals surface area contributed by atoms with Crippen LogP contribution in [0, 0.1) is 0 Å². The zero-order valence-electron chi connectivity index (χ0n) is 13.7. The number of ether oxygens (including phenoxy) is 1. The molecule has 0 radical (unpaired) electrons. The first-order valence-corrected chi connectivity index (χ1v) is 10.3. The first-order valence-electron chi connectivity index (χ1n) is 7.34. The summed E-state index contributed by atoms with van der Waals surface area (Å²) in [5, 5.41) is 3.11. The summed E-state index contributed by atoms with van der Waals surface area (Å²) in [6.45, 7) is 13.7. The average molecular weight is 299 g/mol. The summed E-state index contributed by atoms with van der Waals surface area (Å²) < 4.78 is 11.8. The molecule has 1 amide bonds. The van der Waals surface area contributed by atoms with Gasteiger partial charge in [0.1, 0.15) is 6.10 Å². The van der Waals surface area contributed by atoms with Crippen molar-refractivity contribution in [3.8, 4) is 0 Å². The van der Waals surface area contributed by atoms with Crippen molar-refractivity contribution < 1.29 is 14.0 Å². The lowest BCUT2D eigenvalue weighted by Gasteiger charge is -2.38. The van der Waals surface area contributed by atoms with E-state index in [4.69, 9.17) is 9.16 Å². The summed E-state index contributed by atoms with van der Waals surface area (Å²) in [6, 6.07) is 0.0479. The number of amides is 1. The Kier molecular flexibility index (Phi) is 5.98. The number of rotatable bonds is 4. The highest BCUT2D eigenvalue weighted by molar-refractivity contribution is 6.74. The van der Waals surface area contributed by atoms with Crippen LogP contribution in [-0.2, 0) is 14.0 Å². The van der Waals surface area contributed by atoms with Crippen LogP contribution in [0.3, 0.4) is 0 Å². The smallest absolute Gasteiger partial charge is 0.250 e. The Morgan fingerprint density at radius 3 is 2.60 bits per heavy atom. The zero-order valence-corrected chi connectivity index (χ0v) is 14.7. The summed E-state index contributed by atoms with van der Waals surface area (Å²) in [4.78, 5) is 12.3.